The summed E-state index contributed by atoms with van der Waals surface area (Å²) < 4.78 is 5.59. The van der Waals surface area contributed by atoms with E-state index in [-0.39, 0.29) is 11.9 Å². The Hall–Kier alpha value is -2.63. The van der Waals surface area contributed by atoms with Gasteiger partial charge in [-0.15, -0.1) is 6.58 Å². The molecule has 5 aliphatic heterocycles. The van der Waals surface area contributed by atoms with E-state index in [1.165, 1.54) is 36.8 Å². The Balaban J connectivity index is 1.56. The zero-order valence-electron chi connectivity index (χ0n) is 20.0. The third-order valence-electron chi connectivity index (χ3n) is 7.95. The average Bonchev–Trinajstić information content (AvgIpc) is 2.84. The maximum atomic E-state index is 12.5. The topological polar surface area (TPSA) is 36.0 Å². The lowest BCUT2D eigenvalue weighted by Crippen LogP contribution is -2.75. The van der Waals surface area contributed by atoms with E-state index >= 15 is 0 Å². The minimum atomic E-state index is 0.0376. The highest BCUT2D eigenvalue weighted by molar-refractivity contribution is 5.93. The summed E-state index contributed by atoms with van der Waals surface area (Å²) in [6, 6.07) is 19.2. The number of ether oxygens (including phenoxy) is 1. The van der Waals surface area contributed by atoms with Gasteiger partial charge in [0.15, 0.2) is 0 Å². The van der Waals surface area contributed by atoms with Gasteiger partial charge in [0, 0.05) is 50.4 Å². The van der Waals surface area contributed by atoms with Crippen molar-refractivity contribution in [1.82, 2.24) is 14.7 Å². The molecule has 0 radical (unpaired) electrons. The van der Waals surface area contributed by atoms with Gasteiger partial charge < -0.3 is 9.64 Å². The first kappa shape index (κ1) is 22.2. The molecular formula is C28H35N3O2. The lowest BCUT2D eigenvalue weighted by atomic mass is 9.69. The molecule has 5 unspecified atom stereocenters. The summed E-state index contributed by atoms with van der Waals surface area (Å²) >= 11 is 0. The average molecular weight is 446 g/mol. The second-order valence-electron chi connectivity index (χ2n) is 9.86. The molecule has 7 rings (SSSR count). The number of carbonyl (C=O) groups is 1. The third-order valence-corrected chi connectivity index (χ3v) is 7.95. The Bertz CT molecular complexity index is 998. The molecule has 5 aliphatic rings. The van der Waals surface area contributed by atoms with Crippen molar-refractivity contribution < 1.29 is 9.53 Å². The van der Waals surface area contributed by atoms with Crippen molar-refractivity contribution >= 4 is 5.91 Å². The number of nitrogens with zero attached hydrogens (tertiary/aromatic N) is 3. The lowest BCUT2D eigenvalue weighted by molar-refractivity contribution is -0.151. The van der Waals surface area contributed by atoms with Crippen LogP contribution in [0.5, 0.6) is 5.75 Å². The van der Waals surface area contributed by atoms with Crippen LogP contribution in [0.15, 0.2) is 61.2 Å². The van der Waals surface area contributed by atoms with Crippen LogP contribution in [0.3, 0.4) is 0 Å². The molecule has 5 heteroatoms. The van der Waals surface area contributed by atoms with E-state index in [1.54, 1.807) is 26.1 Å². The Morgan fingerprint density at radius 1 is 1.03 bits per heavy atom. The van der Waals surface area contributed by atoms with Gasteiger partial charge in [0.2, 0.25) is 0 Å². The first-order valence-electron chi connectivity index (χ1n) is 12.1. The number of fused-ring (bicyclic) bond motifs is 2. The van der Waals surface area contributed by atoms with Gasteiger partial charge in [0.1, 0.15) is 5.75 Å². The summed E-state index contributed by atoms with van der Waals surface area (Å²) in [4.78, 5) is 19.6. The van der Waals surface area contributed by atoms with E-state index in [2.05, 4.69) is 52.8 Å². The first-order valence-corrected chi connectivity index (χ1v) is 12.1. The van der Waals surface area contributed by atoms with Gasteiger partial charge in [-0.25, -0.2) is 0 Å². The molecule has 0 saturated carbocycles. The molecule has 0 aliphatic carbocycles. The quantitative estimate of drug-likeness (QED) is 0.594. The SMILES string of the molecule is C=CCN1C2CCC3C1CCC2N3C(c1ccc(C(=O)N(C)C)cc1)c1cccc(OC)c1. The van der Waals surface area contributed by atoms with E-state index in [9.17, 15) is 4.79 Å². The van der Waals surface area contributed by atoms with Crippen LogP contribution in [0.25, 0.3) is 0 Å². The number of piperazine rings is 1. The van der Waals surface area contributed by atoms with E-state index in [4.69, 9.17) is 4.74 Å². The minimum absolute atomic E-state index is 0.0376. The summed E-state index contributed by atoms with van der Waals surface area (Å²) in [6.07, 6.45) is 7.11. The van der Waals surface area contributed by atoms with E-state index < -0.39 is 0 Å². The van der Waals surface area contributed by atoms with Crippen molar-refractivity contribution in [3.05, 3.63) is 77.9 Å². The number of hydrogen-bond donors (Lipinski definition) is 0. The molecule has 5 fully saturated rings. The molecule has 33 heavy (non-hydrogen) atoms. The molecule has 0 spiro atoms. The zero-order valence-corrected chi connectivity index (χ0v) is 20.0. The molecule has 5 atom stereocenters. The Morgan fingerprint density at radius 3 is 2.24 bits per heavy atom. The molecule has 174 valence electrons. The van der Waals surface area contributed by atoms with Gasteiger partial charge in [-0.05, 0) is 61.1 Å². The van der Waals surface area contributed by atoms with Crippen molar-refractivity contribution in [3.8, 4) is 5.75 Å². The fraction of sp³-hybridized carbons (Fsp3) is 0.464. The molecule has 4 bridgehead atoms. The van der Waals surface area contributed by atoms with Crippen molar-refractivity contribution in [2.75, 3.05) is 27.7 Å². The normalized spacial score (nSPS) is 27.4. The molecule has 5 nitrogen and oxygen atoms in total. The van der Waals surface area contributed by atoms with Gasteiger partial charge >= 0.3 is 0 Å². The Labute approximate surface area is 197 Å². The van der Waals surface area contributed by atoms with Crippen molar-refractivity contribution in [3.63, 3.8) is 0 Å². The number of benzene rings is 2. The summed E-state index contributed by atoms with van der Waals surface area (Å²) in [7, 11) is 5.32. The molecular weight excluding hydrogens is 410 g/mol. The molecule has 2 aromatic rings. The predicted octanol–water partition coefficient (Wildman–Crippen LogP) is 4.35. The second kappa shape index (κ2) is 8.96. The fourth-order valence-corrected chi connectivity index (χ4v) is 6.63. The van der Waals surface area contributed by atoms with E-state index in [0.717, 1.165) is 17.9 Å². The van der Waals surface area contributed by atoms with Crippen LogP contribution in [0.2, 0.25) is 0 Å². The van der Waals surface area contributed by atoms with Gasteiger partial charge in [-0.3, -0.25) is 14.6 Å². The maximum Gasteiger partial charge on any atom is 0.253 e. The van der Waals surface area contributed by atoms with Crippen LogP contribution >= 0.6 is 0 Å². The number of amides is 1. The van der Waals surface area contributed by atoms with E-state index in [1.807, 2.05) is 18.2 Å². The first-order chi connectivity index (χ1) is 16.0. The minimum Gasteiger partial charge on any atom is -0.497 e. The number of piperidine rings is 4. The lowest BCUT2D eigenvalue weighted by Gasteiger charge is -2.66. The highest BCUT2D eigenvalue weighted by atomic mass is 16.5. The number of carbonyl (C=O) groups excluding carboxylic acids is 1. The van der Waals surface area contributed by atoms with Crippen LogP contribution in [0.4, 0.5) is 0 Å². The Kier molecular flexibility index (Phi) is 6.02. The zero-order chi connectivity index (χ0) is 23.1. The van der Waals surface area contributed by atoms with Gasteiger partial charge in [0.25, 0.3) is 5.91 Å². The van der Waals surface area contributed by atoms with Gasteiger partial charge in [-0.2, -0.15) is 0 Å². The van der Waals surface area contributed by atoms with Crippen molar-refractivity contribution in [2.45, 2.75) is 55.9 Å². The predicted molar refractivity (Wildman–Crippen MR) is 132 cm³/mol. The van der Waals surface area contributed by atoms with E-state index in [0.29, 0.717) is 24.2 Å². The largest absolute Gasteiger partial charge is 0.497 e. The number of hydrogen-bond acceptors (Lipinski definition) is 4. The number of methoxy groups -OCH3 is 1. The van der Waals surface area contributed by atoms with Crippen LogP contribution < -0.4 is 4.74 Å². The molecule has 0 aromatic heterocycles. The van der Waals surface area contributed by atoms with Gasteiger partial charge in [-0.1, -0.05) is 30.3 Å². The van der Waals surface area contributed by atoms with Crippen LogP contribution in [0, 0.1) is 0 Å². The molecule has 1 amide bonds. The van der Waals surface area contributed by atoms with Gasteiger partial charge in [0.05, 0.1) is 13.2 Å². The molecule has 0 N–H and O–H groups in total. The summed E-state index contributed by atoms with van der Waals surface area (Å²) in [5.74, 6) is 0.924. The van der Waals surface area contributed by atoms with Crippen LogP contribution in [-0.2, 0) is 0 Å². The fourth-order valence-electron chi connectivity index (χ4n) is 6.63. The van der Waals surface area contributed by atoms with Crippen molar-refractivity contribution in [1.29, 1.82) is 0 Å². The molecule has 5 saturated heterocycles. The third kappa shape index (κ3) is 3.77. The maximum absolute atomic E-state index is 12.5. The highest BCUT2D eigenvalue weighted by Gasteiger charge is 2.56. The Morgan fingerprint density at radius 2 is 1.67 bits per heavy atom. The van der Waals surface area contributed by atoms with Crippen LogP contribution in [-0.4, -0.2) is 72.5 Å². The molecule has 5 heterocycles. The monoisotopic (exact) mass is 445 g/mol. The highest BCUT2D eigenvalue weighted by Crippen LogP contribution is 2.50. The summed E-state index contributed by atoms with van der Waals surface area (Å²) in [5, 5.41) is 0. The van der Waals surface area contributed by atoms with Crippen molar-refractivity contribution in [2.24, 2.45) is 0 Å². The summed E-state index contributed by atoms with van der Waals surface area (Å²) in [5.41, 5.74) is 3.23. The molecule has 2 aromatic carbocycles. The summed E-state index contributed by atoms with van der Waals surface area (Å²) in [6.45, 7) is 5.01. The van der Waals surface area contributed by atoms with Crippen LogP contribution in [0.1, 0.15) is 53.2 Å². The number of rotatable bonds is 7. The standard InChI is InChI=1S/C28H35N3O2/c1-5-17-30-23-13-15-25-24(30)14-16-26(23)31(25)27(21-7-6-8-22(18-21)33-4)19-9-11-20(12-10-19)28(32)29(2)3/h5-12,18,23-27H,1,13-17H2,2-4H3. The second-order valence-corrected chi connectivity index (χ2v) is 9.86. The smallest absolute Gasteiger partial charge is 0.253 e.